The SMILES string of the molecule is CN=C(NCc1ccccc1CN(C)C(C)C)NC(C)C(C)C. The van der Waals surface area contributed by atoms with Gasteiger partial charge >= 0.3 is 0 Å². The monoisotopic (exact) mass is 318 g/mol. The molecule has 0 aliphatic rings. The number of hydrogen-bond acceptors (Lipinski definition) is 2. The van der Waals surface area contributed by atoms with Crippen LogP contribution in [0.5, 0.6) is 0 Å². The fourth-order valence-corrected chi connectivity index (χ4v) is 2.09. The summed E-state index contributed by atoms with van der Waals surface area (Å²) in [6, 6.07) is 9.54. The van der Waals surface area contributed by atoms with E-state index in [2.05, 4.69) is 86.5 Å². The minimum Gasteiger partial charge on any atom is -0.354 e. The highest BCUT2D eigenvalue weighted by molar-refractivity contribution is 5.79. The lowest BCUT2D eigenvalue weighted by Gasteiger charge is -2.24. The summed E-state index contributed by atoms with van der Waals surface area (Å²) >= 11 is 0. The smallest absolute Gasteiger partial charge is 0.191 e. The third kappa shape index (κ3) is 6.61. The van der Waals surface area contributed by atoms with Gasteiger partial charge in [0.1, 0.15) is 0 Å². The van der Waals surface area contributed by atoms with Gasteiger partial charge in [0.2, 0.25) is 0 Å². The quantitative estimate of drug-likeness (QED) is 0.599. The van der Waals surface area contributed by atoms with Crippen LogP contribution in [0, 0.1) is 5.92 Å². The van der Waals surface area contributed by atoms with Gasteiger partial charge in [-0.3, -0.25) is 9.89 Å². The Morgan fingerprint density at radius 1 is 1.09 bits per heavy atom. The van der Waals surface area contributed by atoms with Crippen molar-refractivity contribution in [3.05, 3.63) is 35.4 Å². The number of hydrogen-bond donors (Lipinski definition) is 2. The van der Waals surface area contributed by atoms with Gasteiger partial charge < -0.3 is 10.6 Å². The van der Waals surface area contributed by atoms with Gasteiger partial charge in [-0.15, -0.1) is 0 Å². The van der Waals surface area contributed by atoms with E-state index in [1.165, 1.54) is 11.1 Å². The maximum atomic E-state index is 4.33. The second-order valence-electron chi connectivity index (χ2n) is 6.88. The minimum absolute atomic E-state index is 0.392. The molecule has 4 heteroatoms. The molecule has 1 atom stereocenters. The van der Waals surface area contributed by atoms with Crippen molar-refractivity contribution < 1.29 is 0 Å². The molecule has 0 spiro atoms. The van der Waals surface area contributed by atoms with E-state index in [-0.39, 0.29) is 0 Å². The Morgan fingerprint density at radius 3 is 2.22 bits per heavy atom. The Labute approximate surface area is 142 Å². The molecule has 1 aromatic carbocycles. The van der Waals surface area contributed by atoms with Crippen LogP contribution in [0.15, 0.2) is 29.3 Å². The number of nitrogens with one attached hydrogen (secondary N) is 2. The normalized spacial score (nSPS) is 13.7. The molecule has 0 fully saturated rings. The van der Waals surface area contributed by atoms with Crippen LogP contribution in [0.25, 0.3) is 0 Å². The molecule has 0 aliphatic heterocycles. The highest BCUT2D eigenvalue weighted by atomic mass is 15.2. The van der Waals surface area contributed by atoms with E-state index in [4.69, 9.17) is 0 Å². The lowest BCUT2D eigenvalue weighted by molar-refractivity contribution is 0.265. The molecule has 0 saturated carbocycles. The Kier molecular flexibility index (Phi) is 8.10. The van der Waals surface area contributed by atoms with Gasteiger partial charge in [-0.25, -0.2) is 0 Å². The molecule has 0 saturated heterocycles. The van der Waals surface area contributed by atoms with E-state index in [0.29, 0.717) is 18.0 Å². The van der Waals surface area contributed by atoms with Crippen molar-refractivity contribution in [3.63, 3.8) is 0 Å². The molecule has 130 valence electrons. The van der Waals surface area contributed by atoms with Crippen molar-refractivity contribution in [2.24, 2.45) is 10.9 Å². The zero-order chi connectivity index (χ0) is 17.4. The van der Waals surface area contributed by atoms with Gasteiger partial charge in [0, 0.05) is 32.2 Å². The van der Waals surface area contributed by atoms with Gasteiger partial charge in [0.25, 0.3) is 0 Å². The van der Waals surface area contributed by atoms with E-state index >= 15 is 0 Å². The van der Waals surface area contributed by atoms with Crippen LogP contribution in [0.2, 0.25) is 0 Å². The van der Waals surface area contributed by atoms with Crippen LogP contribution in [0.4, 0.5) is 0 Å². The van der Waals surface area contributed by atoms with Gasteiger partial charge in [-0.2, -0.15) is 0 Å². The molecular formula is C19H34N4. The number of guanidine groups is 1. The second-order valence-corrected chi connectivity index (χ2v) is 6.88. The molecule has 0 bridgehead atoms. The molecular weight excluding hydrogens is 284 g/mol. The number of rotatable bonds is 7. The molecule has 0 aromatic heterocycles. The largest absolute Gasteiger partial charge is 0.354 e. The lowest BCUT2D eigenvalue weighted by atomic mass is 10.1. The van der Waals surface area contributed by atoms with Crippen LogP contribution in [-0.2, 0) is 13.1 Å². The van der Waals surface area contributed by atoms with E-state index in [0.717, 1.165) is 19.0 Å². The molecule has 0 radical (unpaired) electrons. The third-order valence-electron chi connectivity index (χ3n) is 4.45. The van der Waals surface area contributed by atoms with E-state index in [1.54, 1.807) is 0 Å². The predicted octanol–water partition coefficient (Wildman–Crippen LogP) is 3.24. The molecule has 0 amide bonds. The summed E-state index contributed by atoms with van der Waals surface area (Å²) in [5, 5.41) is 6.88. The standard InChI is InChI=1S/C19H34N4/c1-14(2)16(5)22-19(20-6)21-12-17-10-8-9-11-18(17)13-23(7)15(3)4/h8-11,14-16H,12-13H2,1-7H3,(H2,20,21,22). The van der Waals surface area contributed by atoms with Gasteiger partial charge in [-0.05, 0) is 44.9 Å². The van der Waals surface area contributed by atoms with Gasteiger partial charge in [0.05, 0.1) is 0 Å². The maximum absolute atomic E-state index is 4.33. The van der Waals surface area contributed by atoms with Crippen molar-refractivity contribution in [2.75, 3.05) is 14.1 Å². The first-order valence-electron chi connectivity index (χ1n) is 8.59. The molecule has 4 nitrogen and oxygen atoms in total. The first-order chi connectivity index (χ1) is 10.8. The third-order valence-corrected chi connectivity index (χ3v) is 4.45. The van der Waals surface area contributed by atoms with Crippen molar-refractivity contribution >= 4 is 5.96 Å². The van der Waals surface area contributed by atoms with Crippen LogP contribution < -0.4 is 10.6 Å². The fourth-order valence-electron chi connectivity index (χ4n) is 2.09. The van der Waals surface area contributed by atoms with Gasteiger partial charge in [-0.1, -0.05) is 38.1 Å². The Balaban J connectivity index is 2.70. The summed E-state index contributed by atoms with van der Waals surface area (Å²) < 4.78 is 0. The average Bonchev–Trinajstić information content (AvgIpc) is 2.52. The zero-order valence-corrected chi connectivity index (χ0v) is 15.9. The van der Waals surface area contributed by atoms with Gasteiger partial charge in [0.15, 0.2) is 5.96 Å². The fraction of sp³-hybridized carbons (Fsp3) is 0.632. The number of benzene rings is 1. The second kappa shape index (κ2) is 9.56. The molecule has 1 unspecified atom stereocenters. The zero-order valence-electron chi connectivity index (χ0n) is 15.9. The minimum atomic E-state index is 0.392. The van der Waals surface area contributed by atoms with Crippen molar-refractivity contribution in [1.82, 2.24) is 15.5 Å². The van der Waals surface area contributed by atoms with E-state index in [9.17, 15) is 0 Å². The number of aliphatic imine (C=N–C) groups is 1. The summed E-state index contributed by atoms with van der Waals surface area (Å²) in [5.74, 6) is 1.43. The van der Waals surface area contributed by atoms with Crippen LogP contribution >= 0.6 is 0 Å². The van der Waals surface area contributed by atoms with Crippen molar-refractivity contribution in [1.29, 1.82) is 0 Å². The molecule has 1 aromatic rings. The lowest BCUT2D eigenvalue weighted by Crippen LogP contribution is -2.44. The summed E-state index contributed by atoms with van der Waals surface area (Å²) in [7, 11) is 3.99. The Hall–Kier alpha value is -1.55. The van der Waals surface area contributed by atoms with Crippen molar-refractivity contribution in [3.8, 4) is 0 Å². The number of nitrogens with zero attached hydrogens (tertiary/aromatic N) is 2. The maximum Gasteiger partial charge on any atom is 0.191 e. The first kappa shape index (κ1) is 19.5. The van der Waals surface area contributed by atoms with E-state index < -0.39 is 0 Å². The highest BCUT2D eigenvalue weighted by Gasteiger charge is 2.11. The summed E-state index contributed by atoms with van der Waals surface area (Å²) in [6.07, 6.45) is 0. The molecule has 1 rings (SSSR count). The van der Waals surface area contributed by atoms with Crippen LogP contribution in [-0.4, -0.2) is 37.0 Å². The average molecular weight is 319 g/mol. The summed E-state index contributed by atoms with van der Waals surface area (Å²) in [4.78, 5) is 6.68. The Morgan fingerprint density at radius 2 is 1.70 bits per heavy atom. The predicted molar refractivity (Wildman–Crippen MR) is 101 cm³/mol. The topological polar surface area (TPSA) is 39.7 Å². The summed E-state index contributed by atoms with van der Waals surface area (Å²) in [5.41, 5.74) is 2.68. The summed E-state index contributed by atoms with van der Waals surface area (Å²) in [6.45, 7) is 12.8. The van der Waals surface area contributed by atoms with Crippen molar-refractivity contribution in [2.45, 2.75) is 59.8 Å². The first-order valence-corrected chi connectivity index (χ1v) is 8.59. The van der Waals surface area contributed by atoms with Crippen LogP contribution in [0.3, 0.4) is 0 Å². The Bertz CT molecular complexity index is 494. The molecule has 2 N–H and O–H groups in total. The van der Waals surface area contributed by atoms with Crippen LogP contribution in [0.1, 0.15) is 45.7 Å². The highest BCUT2D eigenvalue weighted by Crippen LogP contribution is 2.12. The molecule has 0 heterocycles. The molecule has 23 heavy (non-hydrogen) atoms. The van der Waals surface area contributed by atoms with E-state index in [1.807, 2.05) is 7.05 Å². The molecule has 0 aliphatic carbocycles.